The van der Waals surface area contributed by atoms with Crippen LogP contribution >= 0.6 is 0 Å². The van der Waals surface area contributed by atoms with Crippen molar-refractivity contribution in [2.24, 2.45) is 0 Å². The lowest BCUT2D eigenvalue weighted by Gasteiger charge is -2.19. The molecule has 0 aliphatic rings. The monoisotopic (exact) mass is 299 g/mol. The molecule has 0 fully saturated rings. The third-order valence-corrected chi connectivity index (χ3v) is 2.74. The Morgan fingerprint density at radius 1 is 1.05 bits per heavy atom. The van der Waals surface area contributed by atoms with Gasteiger partial charge in [0.2, 0.25) is 0 Å². The van der Waals surface area contributed by atoms with Gasteiger partial charge in [-0.3, -0.25) is 4.90 Å². The first-order valence-electron chi connectivity index (χ1n) is 5.78. The number of benzene rings is 2. The van der Waals surface area contributed by atoms with Crippen molar-refractivity contribution >= 4 is 11.8 Å². The Morgan fingerprint density at radius 2 is 1.67 bits per heavy atom. The maximum Gasteiger partial charge on any atom is 0.412 e. The van der Waals surface area contributed by atoms with Crippen LogP contribution in [0.25, 0.3) is 0 Å². The quantitative estimate of drug-likeness (QED) is 0.689. The topological polar surface area (TPSA) is 40.5 Å². The van der Waals surface area contributed by atoms with Crippen LogP contribution in [0.5, 0.6) is 0 Å². The summed E-state index contributed by atoms with van der Waals surface area (Å²) in [5.74, 6) is -5.13. The highest BCUT2D eigenvalue weighted by atomic mass is 19.2. The Balaban J connectivity index is 2.35. The van der Waals surface area contributed by atoms with Crippen LogP contribution in [0.1, 0.15) is 5.56 Å². The SMILES string of the molecule is O=C(O)N(Cc1cc(F)c(F)c(F)c1)c1cccc(F)c1. The zero-order valence-corrected chi connectivity index (χ0v) is 10.5. The van der Waals surface area contributed by atoms with Crippen LogP contribution in [0.15, 0.2) is 36.4 Å². The Kier molecular flexibility index (Phi) is 4.11. The molecule has 0 aliphatic carbocycles. The van der Waals surface area contributed by atoms with E-state index >= 15 is 0 Å². The molecule has 110 valence electrons. The van der Waals surface area contributed by atoms with Crippen LogP contribution in [0, 0.1) is 23.3 Å². The van der Waals surface area contributed by atoms with Crippen LogP contribution in [0.2, 0.25) is 0 Å². The molecule has 1 amide bonds. The Labute approximate surface area is 117 Å². The second kappa shape index (κ2) is 5.82. The molecule has 7 heteroatoms. The molecule has 1 N–H and O–H groups in total. The minimum Gasteiger partial charge on any atom is -0.465 e. The zero-order valence-electron chi connectivity index (χ0n) is 10.5. The minimum absolute atomic E-state index is 0.00681. The Morgan fingerprint density at radius 3 is 2.19 bits per heavy atom. The summed E-state index contributed by atoms with van der Waals surface area (Å²) in [6.45, 7) is -0.451. The van der Waals surface area contributed by atoms with E-state index in [4.69, 9.17) is 5.11 Å². The molecule has 2 aromatic carbocycles. The van der Waals surface area contributed by atoms with Crippen molar-refractivity contribution < 1.29 is 27.5 Å². The van der Waals surface area contributed by atoms with Crippen LogP contribution in [-0.2, 0) is 6.54 Å². The number of hydrogen-bond donors (Lipinski definition) is 1. The lowest BCUT2D eigenvalue weighted by atomic mass is 10.2. The molecule has 0 atom stereocenters. The van der Waals surface area contributed by atoms with Crippen LogP contribution in [0.4, 0.5) is 28.0 Å². The van der Waals surface area contributed by atoms with Gasteiger partial charge in [0.1, 0.15) is 5.82 Å². The molecule has 0 heterocycles. The average molecular weight is 299 g/mol. The van der Waals surface area contributed by atoms with Crippen molar-refractivity contribution in [3.63, 3.8) is 0 Å². The summed E-state index contributed by atoms with van der Waals surface area (Å²) < 4.78 is 52.2. The first-order valence-corrected chi connectivity index (χ1v) is 5.78. The lowest BCUT2D eigenvalue weighted by molar-refractivity contribution is 0.201. The number of anilines is 1. The van der Waals surface area contributed by atoms with Crippen molar-refractivity contribution in [3.05, 3.63) is 65.2 Å². The lowest BCUT2D eigenvalue weighted by Crippen LogP contribution is -2.28. The van der Waals surface area contributed by atoms with Gasteiger partial charge in [-0.1, -0.05) is 6.07 Å². The number of amides is 1. The van der Waals surface area contributed by atoms with E-state index in [-0.39, 0.29) is 11.3 Å². The number of nitrogens with zero attached hydrogens (tertiary/aromatic N) is 1. The molecule has 0 saturated heterocycles. The third kappa shape index (κ3) is 3.31. The van der Waals surface area contributed by atoms with Crippen LogP contribution in [0.3, 0.4) is 0 Å². The van der Waals surface area contributed by atoms with Gasteiger partial charge in [0.05, 0.1) is 12.2 Å². The highest BCUT2D eigenvalue weighted by Crippen LogP contribution is 2.21. The summed E-state index contributed by atoms with van der Waals surface area (Å²) in [4.78, 5) is 11.9. The predicted molar refractivity (Wildman–Crippen MR) is 66.9 cm³/mol. The van der Waals surface area contributed by atoms with Gasteiger partial charge in [-0.25, -0.2) is 22.4 Å². The van der Waals surface area contributed by atoms with E-state index < -0.39 is 35.9 Å². The van der Waals surface area contributed by atoms with Crippen molar-refractivity contribution in [1.82, 2.24) is 0 Å². The maximum absolute atomic E-state index is 13.1. The molecule has 2 aromatic rings. The normalized spacial score (nSPS) is 10.5. The Hall–Kier alpha value is -2.57. The molecule has 0 spiro atoms. The maximum atomic E-state index is 13.1. The van der Waals surface area contributed by atoms with Gasteiger partial charge in [0.15, 0.2) is 17.5 Å². The average Bonchev–Trinajstić information content (AvgIpc) is 2.41. The number of carboxylic acid groups (broad SMARTS) is 1. The van der Waals surface area contributed by atoms with Gasteiger partial charge in [-0.15, -0.1) is 0 Å². The molecule has 0 unspecified atom stereocenters. The van der Waals surface area contributed by atoms with Crippen molar-refractivity contribution in [1.29, 1.82) is 0 Å². The molecule has 21 heavy (non-hydrogen) atoms. The molecule has 0 aromatic heterocycles. The van der Waals surface area contributed by atoms with Gasteiger partial charge in [-0.05, 0) is 35.9 Å². The molecule has 0 saturated carbocycles. The summed E-state index contributed by atoms with van der Waals surface area (Å²) in [5, 5.41) is 9.11. The highest BCUT2D eigenvalue weighted by Gasteiger charge is 2.18. The fourth-order valence-corrected chi connectivity index (χ4v) is 1.80. The summed E-state index contributed by atoms with van der Waals surface area (Å²) in [7, 11) is 0. The van der Waals surface area contributed by atoms with E-state index in [2.05, 4.69) is 0 Å². The first-order chi connectivity index (χ1) is 9.88. The van der Waals surface area contributed by atoms with Crippen LogP contribution in [-0.4, -0.2) is 11.2 Å². The first kappa shape index (κ1) is 14.8. The fourth-order valence-electron chi connectivity index (χ4n) is 1.80. The fraction of sp³-hybridized carbons (Fsp3) is 0.0714. The molecule has 2 rings (SSSR count). The van der Waals surface area contributed by atoms with Gasteiger partial charge in [0, 0.05) is 0 Å². The largest absolute Gasteiger partial charge is 0.465 e. The zero-order chi connectivity index (χ0) is 15.6. The molecule has 0 bridgehead atoms. The smallest absolute Gasteiger partial charge is 0.412 e. The number of carbonyl (C=O) groups is 1. The molecule has 0 radical (unpaired) electrons. The van der Waals surface area contributed by atoms with E-state index in [9.17, 15) is 22.4 Å². The molecule has 3 nitrogen and oxygen atoms in total. The van der Waals surface area contributed by atoms with E-state index in [1.165, 1.54) is 12.1 Å². The molecular formula is C14H9F4NO2. The van der Waals surface area contributed by atoms with Crippen molar-refractivity contribution in [2.75, 3.05) is 4.90 Å². The molecular weight excluding hydrogens is 290 g/mol. The van der Waals surface area contributed by atoms with Gasteiger partial charge < -0.3 is 5.11 Å². The molecule has 0 aliphatic heterocycles. The summed E-state index contributed by atoms with van der Waals surface area (Å²) in [6, 6.07) is 6.09. The predicted octanol–water partition coefficient (Wildman–Crippen LogP) is 3.93. The standard InChI is InChI=1S/C14H9F4NO2/c15-9-2-1-3-10(6-9)19(14(20)21)7-8-4-11(16)13(18)12(17)5-8/h1-6H,7H2,(H,20,21). The summed E-state index contributed by atoms with van der Waals surface area (Å²) in [6.07, 6.45) is -1.44. The van der Waals surface area contributed by atoms with E-state index in [0.717, 1.165) is 12.1 Å². The number of hydrogen-bond acceptors (Lipinski definition) is 1. The summed E-state index contributed by atoms with van der Waals surface area (Å²) >= 11 is 0. The third-order valence-electron chi connectivity index (χ3n) is 2.74. The second-order valence-electron chi connectivity index (χ2n) is 4.22. The van der Waals surface area contributed by atoms with E-state index in [1.807, 2.05) is 0 Å². The number of rotatable bonds is 3. The van der Waals surface area contributed by atoms with Crippen molar-refractivity contribution in [3.8, 4) is 0 Å². The minimum atomic E-state index is -1.63. The number of halogens is 4. The highest BCUT2D eigenvalue weighted by molar-refractivity contribution is 5.85. The van der Waals surface area contributed by atoms with Crippen molar-refractivity contribution in [2.45, 2.75) is 6.54 Å². The van der Waals surface area contributed by atoms with Gasteiger partial charge >= 0.3 is 6.09 Å². The van der Waals surface area contributed by atoms with E-state index in [1.54, 1.807) is 0 Å². The van der Waals surface area contributed by atoms with Gasteiger partial charge in [-0.2, -0.15) is 0 Å². The van der Waals surface area contributed by atoms with Crippen LogP contribution < -0.4 is 4.90 Å². The second-order valence-corrected chi connectivity index (χ2v) is 4.22. The Bertz CT molecular complexity index is 667. The van der Waals surface area contributed by atoms with E-state index in [0.29, 0.717) is 17.0 Å². The van der Waals surface area contributed by atoms with Gasteiger partial charge in [0.25, 0.3) is 0 Å². The summed E-state index contributed by atoms with van der Waals surface area (Å²) in [5.41, 5.74) is -0.106.